The minimum Gasteiger partial charge on any atom is -0.460 e. The second kappa shape index (κ2) is 5.45. The maximum atomic E-state index is 11.2. The van der Waals surface area contributed by atoms with Gasteiger partial charge in [0.05, 0.1) is 6.61 Å². The van der Waals surface area contributed by atoms with Crippen molar-refractivity contribution in [2.45, 2.75) is 26.2 Å². The Kier molecular flexibility index (Phi) is 4.23. The van der Waals surface area contributed by atoms with Crippen molar-refractivity contribution < 1.29 is 14.1 Å². The van der Waals surface area contributed by atoms with E-state index in [0.29, 0.717) is 19.0 Å². The van der Waals surface area contributed by atoms with Crippen LogP contribution in [0, 0.1) is 0 Å². The summed E-state index contributed by atoms with van der Waals surface area (Å²) in [6.07, 6.45) is 0.741. The molecule has 0 aliphatic heterocycles. The van der Waals surface area contributed by atoms with Crippen molar-refractivity contribution >= 4 is 5.97 Å². The monoisotopic (exact) mass is 213 g/mol. The van der Waals surface area contributed by atoms with E-state index in [2.05, 4.69) is 10.1 Å². The fourth-order valence-corrected chi connectivity index (χ4v) is 1.09. The molecule has 0 aliphatic carbocycles. The number of nitrogens with zero attached hydrogens (tertiary/aromatic N) is 2. The second-order valence-corrected chi connectivity index (χ2v) is 3.16. The number of rotatable bonds is 5. The first kappa shape index (κ1) is 11.6. The number of hydrogen-bond acceptors (Lipinski definition) is 6. The molecule has 0 bridgehead atoms. The smallest absolute Gasteiger partial charge is 0.379 e. The molecule has 0 aliphatic rings. The lowest BCUT2D eigenvalue weighted by Gasteiger charge is -2.01. The summed E-state index contributed by atoms with van der Waals surface area (Å²) in [5.74, 6) is -0.114. The number of hydrogen-bond donors (Lipinski definition) is 1. The SMILES string of the molecule is CCOC(=O)c1noc(C(C)CCN)n1. The number of nitrogens with two attached hydrogens (primary N) is 1. The normalized spacial score (nSPS) is 12.5. The Hall–Kier alpha value is -1.43. The van der Waals surface area contributed by atoms with Crippen molar-refractivity contribution in [1.29, 1.82) is 0 Å². The van der Waals surface area contributed by atoms with Crippen LogP contribution in [0.4, 0.5) is 0 Å². The summed E-state index contributed by atoms with van der Waals surface area (Å²) in [5, 5.41) is 3.54. The van der Waals surface area contributed by atoms with Gasteiger partial charge in [-0.05, 0) is 25.0 Å². The summed E-state index contributed by atoms with van der Waals surface area (Å²) < 4.78 is 9.66. The maximum absolute atomic E-state index is 11.2. The molecular weight excluding hydrogens is 198 g/mol. The third kappa shape index (κ3) is 3.02. The van der Waals surface area contributed by atoms with Gasteiger partial charge < -0.3 is 15.0 Å². The Morgan fingerprint density at radius 3 is 3.00 bits per heavy atom. The zero-order chi connectivity index (χ0) is 11.3. The number of aromatic nitrogens is 2. The van der Waals surface area contributed by atoms with Gasteiger partial charge in [0.25, 0.3) is 5.82 Å². The van der Waals surface area contributed by atoms with Crippen LogP contribution < -0.4 is 5.73 Å². The molecule has 6 nitrogen and oxygen atoms in total. The Bertz CT molecular complexity index is 324. The van der Waals surface area contributed by atoms with E-state index in [9.17, 15) is 4.79 Å². The lowest BCUT2D eigenvalue weighted by atomic mass is 10.1. The van der Waals surface area contributed by atoms with Gasteiger partial charge in [0.15, 0.2) is 0 Å². The number of esters is 1. The van der Waals surface area contributed by atoms with Gasteiger partial charge in [-0.15, -0.1) is 0 Å². The molecule has 0 saturated carbocycles. The third-order valence-electron chi connectivity index (χ3n) is 1.92. The molecule has 0 saturated heterocycles. The Labute approximate surface area is 87.8 Å². The van der Waals surface area contributed by atoms with Crippen LogP contribution in [0.3, 0.4) is 0 Å². The van der Waals surface area contributed by atoms with E-state index in [4.69, 9.17) is 15.0 Å². The van der Waals surface area contributed by atoms with E-state index < -0.39 is 5.97 Å². The molecule has 1 rings (SSSR count). The van der Waals surface area contributed by atoms with Crippen molar-refractivity contribution in [2.75, 3.05) is 13.2 Å². The van der Waals surface area contributed by atoms with Crippen molar-refractivity contribution in [1.82, 2.24) is 10.1 Å². The van der Waals surface area contributed by atoms with Crippen molar-refractivity contribution in [3.63, 3.8) is 0 Å². The first-order chi connectivity index (χ1) is 7.19. The highest BCUT2D eigenvalue weighted by atomic mass is 16.5. The summed E-state index contributed by atoms with van der Waals surface area (Å²) in [6, 6.07) is 0. The zero-order valence-electron chi connectivity index (χ0n) is 8.90. The van der Waals surface area contributed by atoms with Gasteiger partial charge in [0, 0.05) is 5.92 Å². The Morgan fingerprint density at radius 2 is 2.40 bits per heavy atom. The highest BCUT2D eigenvalue weighted by Crippen LogP contribution is 2.15. The molecule has 15 heavy (non-hydrogen) atoms. The van der Waals surface area contributed by atoms with Crippen LogP contribution in [0.25, 0.3) is 0 Å². The van der Waals surface area contributed by atoms with E-state index in [1.807, 2.05) is 6.92 Å². The van der Waals surface area contributed by atoms with E-state index in [0.717, 1.165) is 6.42 Å². The quantitative estimate of drug-likeness (QED) is 0.724. The lowest BCUT2D eigenvalue weighted by molar-refractivity contribution is 0.0508. The maximum Gasteiger partial charge on any atom is 0.379 e. The first-order valence-corrected chi connectivity index (χ1v) is 4.89. The predicted octanol–water partition coefficient (Wildman–Crippen LogP) is 0.699. The Balaban J connectivity index is 2.67. The van der Waals surface area contributed by atoms with E-state index in [1.165, 1.54) is 0 Å². The molecule has 0 amide bonds. The van der Waals surface area contributed by atoms with Crippen LogP contribution in [0.1, 0.15) is 42.7 Å². The van der Waals surface area contributed by atoms with Gasteiger partial charge in [-0.3, -0.25) is 0 Å². The van der Waals surface area contributed by atoms with Crippen molar-refractivity contribution in [3.05, 3.63) is 11.7 Å². The van der Waals surface area contributed by atoms with E-state index >= 15 is 0 Å². The Morgan fingerprint density at radius 1 is 1.67 bits per heavy atom. The average Bonchev–Trinajstić information content (AvgIpc) is 2.67. The highest BCUT2D eigenvalue weighted by molar-refractivity contribution is 5.84. The average molecular weight is 213 g/mol. The second-order valence-electron chi connectivity index (χ2n) is 3.16. The molecule has 84 valence electrons. The van der Waals surface area contributed by atoms with Crippen LogP contribution in [0.5, 0.6) is 0 Å². The number of ether oxygens (including phenoxy) is 1. The van der Waals surface area contributed by atoms with Gasteiger partial charge >= 0.3 is 5.97 Å². The molecule has 0 radical (unpaired) electrons. The fraction of sp³-hybridized carbons (Fsp3) is 0.667. The fourth-order valence-electron chi connectivity index (χ4n) is 1.09. The number of carbonyl (C=O) groups excluding carboxylic acids is 1. The summed E-state index contributed by atoms with van der Waals surface area (Å²) in [5.41, 5.74) is 5.40. The van der Waals surface area contributed by atoms with Gasteiger partial charge in [0.2, 0.25) is 5.89 Å². The molecule has 1 aromatic rings. The van der Waals surface area contributed by atoms with Crippen molar-refractivity contribution in [3.8, 4) is 0 Å². The molecule has 1 unspecified atom stereocenters. The van der Waals surface area contributed by atoms with Gasteiger partial charge in [-0.2, -0.15) is 4.98 Å². The van der Waals surface area contributed by atoms with Gasteiger partial charge in [0.1, 0.15) is 0 Å². The van der Waals surface area contributed by atoms with Gasteiger partial charge in [-0.1, -0.05) is 6.92 Å². The molecule has 1 atom stereocenters. The van der Waals surface area contributed by atoms with Crippen LogP contribution in [-0.4, -0.2) is 29.3 Å². The number of carbonyl (C=O) groups is 1. The third-order valence-corrected chi connectivity index (χ3v) is 1.92. The zero-order valence-corrected chi connectivity index (χ0v) is 8.90. The minimum absolute atomic E-state index is 0.0317. The van der Waals surface area contributed by atoms with Crippen LogP contribution in [0.15, 0.2) is 4.52 Å². The highest BCUT2D eigenvalue weighted by Gasteiger charge is 2.18. The van der Waals surface area contributed by atoms with Crippen molar-refractivity contribution in [2.24, 2.45) is 5.73 Å². The van der Waals surface area contributed by atoms with Gasteiger partial charge in [-0.25, -0.2) is 4.79 Å². The summed E-state index contributed by atoms with van der Waals surface area (Å²) >= 11 is 0. The molecule has 0 spiro atoms. The first-order valence-electron chi connectivity index (χ1n) is 4.89. The summed E-state index contributed by atoms with van der Waals surface area (Å²) in [4.78, 5) is 15.1. The van der Waals surface area contributed by atoms with E-state index in [-0.39, 0.29) is 11.7 Å². The topological polar surface area (TPSA) is 91.2 Å². The molecule has 0 aromatic carbocycles. The summed E-state index contributed by atoms with van der Waals surface area (Å²) in [6.45, 7) is 4.46. The molecule has 1 heterocycles. The van der Waals surface area contributed by atoms with Crippen LogP contribution >= 0.6 is 0 Å². The largest absolute Gasteiger partial charge is 0.460 e. The molecular formula is C9H15N3O3. The molecule has 0 fully saturated rings. The standard InChI is InChI=1S/C9H15N3O3/c1-3-14-9(13)7-11-8(15-12-7)6(2)4-5-10/h6H,3-5,10H2,1-2H3. The molecule has 1 aromatic heterocycles. The minimum atomic E-state index is -0.563. The molecule has 6 heteroatoms. The van der Waals surface area contributed by atoms with Crippen LogP contribution in [0.2, 0.25) is 0 Å². The lowest BCUT2D eigenvalue weighted by Crippen LogP contribution is -2.08. The predicted molar refractivity (Wildman–Crippen MR) is 52.3 cm³/mol. The van der Waals surface area contributed by atoms with E-state index in [1.54, 1.807) is 6.92 Å². The summed E-state index contributed by atoms with van der Waals surface area (Å²) in [7, 11) is 0. The molecule has 2 N–H and O–H groups in total. The van der Waals surface area contributed by atoms with Crippen LogP contribution in [-0.2, 0) is 4.74 Å².